The summed E-state index contributed by atoms with van der Waals surface area (Å²) in [7, 11) is 3.98. The maximum Gasteiger partial charge on any atom is 0.323 e. The van der Waals surface area contributed by atoms with Gasteiger partial charge in [0.05, 0.1) is 0 Å². The van der Waals surface area contributed by atoms with E-state index in [1.54, 1.807) is 0 Å². The van der Waals surface area contributed by atoms with Crippen LogP contribution in [0, 0.1) is 0 Å². The van der Waals surface area contributed by atoms with Crippen molar-refractivity contribution in [2.75, 3.05) is 40.3 Å². The molecule has 0 aromatic rings. The fourth-order valence-electron chi connectivity index (χ4n) is 2.56. The van der Waals surface area contributed by atoms with Crippen LogP contribution in [0.25, 0.3) is 0 Å². The normalized spacial score (nSPS) is 18.9. The summed E-state index contributed by atoms with van der Waals surface area (Å²) in [4.78, 5) is 28.6. The van der Waals surface area contributed by atoms with Gasteiger partial charge in [0.25, 0.3) is 0 Å². The summed E-state index contributed by atoms with van der Waals surface area (Å²) in [5, 5.41) is 8.89. The van der Waals surface area contributed by atoms with E-state index in [0.29, 0.717) is 6.54 Å². The molecule has 0 saturated carbocycles. The van der Waals surface area contributed by atoms with E-state index in [9.17, 15) is 9.59 Å². The lowest BCUT2D eigenvalue weighted by molar-refractivity contribution is -0.137. The van der Waals surface area contributed by atoms with Gasteiger partial charge in [0.15, 0.2) is 0 Å². The highest BCUT2D eigenvalue weighted by molar-refractivity contribution is 5.80. The number of carboxylic acids is 1. The Bertz CT molecular complexity index is 320. The summed E-state index contributed by atoms with van der Waals surface area (Å²) >= 11 is 0. The van der Waals surface area contributed by atoms with Crippen molar-refractivity contribution in [3.8, 4) is 0 Å². The second kappa shape index (κ2) is 7.33. The molecule has 1 saturated heterocycles. The van der Waals surface area contributed by atoms with E-state index >= 15 is 0 Å². The average Bonchev–Trinajstić information content (AvgIpc) is 2.74. The van der Waals surface area contributed by atoms with Crippen LogP contribution >= 0.6 is 0 Å². The van der Waals surface area contributed by atoms with Gasteiger partial charge >= 0.3 is 12.0 Å². The fourth-order valence-corrected chi connectivity index (χ4v) is 2.56. The molecule has 0 aliphatic carbocycles. The highest BCUT2D eigenvalue weighted by Crippen LogP contribution is 2.19. The smallest absolute Gasteiger partial charge is 0.323 e. The SMILES string of the molecule is CCCN(CC(=O)O)C(=O)N1CCCC1CN(C)C. The first-order chi connectivity index (χ1) is 8.95. The van der Waals surface area contributed by atoms with Crippen LogP contribution in [0.3, 0.4) is 0 Å². The van der Waals surface area contributed by atoms with Crippen LogP contribution < -0.4 is 0 Å². The van der Waals surface area contributed by atoms with E-state index < -0.39 is 5.97 Å². The van der Waals surface area contributed by atoms with Crippen molar-refractivity contribution >= 4 is 12.0 Å². The summed E-state index contributed by atoms with van der Waals surface area (Å²) in [5.74, 6) is -0.954. The van der Waals surface area contributed by atoms with E-state index in [0.717, 1.165) is 32.4 Å². The van der Waals surface area contributed by atoms with Crippen molar-refractivity contribution in [3.05, 3.63) is 0 Å². The molecule has 1 heterocycles. The number of likely N-dealkylation sites (tertiary alicyclic amines) is 1. The zero-order valence-corrected chi connectivity index (χ0v) is 12.1. The number of aliphatic carboxylic acids is 1. The number of carboxylic acid groups (broad SMARTS) is 1. The highest BCUT2D eigenvalue weighted by atomic mass is 16.4. The predicted molar refractivity (Wildman–Crippen MR) is 73.2 cm³/mol. The third-order valence-electron chi connectivity index (χ3n) is 3.29. The number of likely N-dealkylation sites (N-methyl/N-ethyl adjacent to an activating group) is 1. The number of hydrogen-bond donors (Lipinski definition) is 1. The van der Waals surface area contributed by atoms with Crippen molar-refractivity contribution < 1.29 is 14.7 Å². The maximum atomic E-state index is 12.4. The van der Waals surface area contributed by atoms with Crippen LogP contribution in [0.5, 0.6) is 0 Å². The lowest BCUT2D eigenvalue weighted by Crippen LogP contribution is -2.49. The van der Waals surface area contributed by atoms with Crippen LogP contribution in [-0.2, 0) is 4.79 Å². The second-order valence-corrected chi connectivity index (χ2v) is 5.35. The largest absolute Gasteiger partial charge is 0.480 e. The molecule has 1 unspecified atom stereocenters. The quantitative estimate of drug-likeness (QED) is 0.780. The molecule has 1 aliphatic heterocycles. The van der Waals surface area contributed by atoms with Crippen molar-refractivity contribution in [1.82, 2.24) is 14.7 Å². The Kier molecular flexibility index (Phi) is 6.08. The molecule has 0 aromatic carbocycles. The Morgan fingerprint density at radius 1 is 1.37 bits per heavy atom. The number of nitrogens with zero attached hydrogens (tertiary/aromatic N) is 3. The molecule has 110 valence electrons. The zero-order chi connectivity index (χ0) is 14.4. The van der Waals surface area contributed by atoms with E-state index in [2.05, 4.69) is 4.90 Å². The molecule has 19 heavy (non-hydrogen) atoms. The minimum absolute atomic E-state index is 0.131. The number of urea groups is 1. The molecule has 1 rings (SSSR count). The molecule has 1 atom stereocenters. The van der Waals surface area contributed by atoms with E-state index in [1.165, 1.54) is 4.90 Å². The lowest BCUT2D eigenvalue weighted by atomic mass is 10.2. The Labute approximate surface area is 115 Å². The minimum atomic E-state index is -0.954. The standard InChI is InChI=1S/C13H25N3O3/c1-4-7-15(10-12(17)18)13(19)16-8-5-6-11(16)9-14(2)3/h11H,4-10H2,1-3H3,(H,17,18). The van der Waals surface area contributed by atoms with Gasteiger partial charge in [0, 0.05) is 25.7 Å². The summed E-state index contributed by atoms with van der Waals surface area (Å²) in [6.45, 7) is 3.80. The Morgan fingerprint density at radius 3 is 2.58 bits per heavy atom. The molecule has 6 heteroatoms. The van der Waals surface area contributed by atoms with Gasteiger partial charge in [-0.15, -0.1) is 0 Å². The average molecular weight is 271 g/mol. The minimum Gasteiger partial charge on any atom is -0.480 e. The van der Waals surface area contributed by atoms with Gasteiger partial charge in [-0.05, 0) is 33.4 Å². The van der Waals surface area contributed by atoms with E-state index in [-0.39, 0.29) is 18.6 Å². The monoisotopic (exact) mass is 271 g/mol. The Hall–Kier alpha value is -1.30. The van der Waals surface area contributed by atoms with Gasteiger partial charge in [-0.3, -0.25) is 4.79 Å². The molecule has 1 N–H and O–H groups in total. The maximum absolute atomic E-state index is 12.4. The molecule has 0 bridgehead atoms. The zero-order valence-electron chi connectivity index (χ0n) is 12.1. The van der Waals surface area contributed by atoms with Crippen molar-refractivity contribution in [1.29, 1.82) is 0 Å². The Morgan fingerprint density at radius 2 is 2.05 bits per heavy atom. The number of carbonyl (C=O) groups excluding carboxylic acids is 1. The van der Waals surface area contributed by atoms with Crippen molar-refractivity contribution in [2.45, 2.75) is 32.2 Å². The third kappa shape index (κ3) is 4.70. The van der Waals surface area contributed by atoms with E-state index in [1.807, 2.05) is 25.9 Å². The van der Waals surface area contributed by atoms with Crippen LogP contribution in [0.1, 0.15) is 26.2 Å². The first-order valence-electron chi connectivity index (χ1n) is 6.87. The number of amides is 2. The van der Waals surface area contributed by atoms with Crippen LogP contribution in [0.4, 0.5) is 4.79 Å². The van der Waals surface area contributed by atoms with E-state index in [4.69, 9.17) is 5.11 Å². The van der Waals surface area contributed by atoms with Gasteiger partial charge in [-0.1, -0.05) is 6.92 Å². The molecule has 1 aliphatic rings. The van der Waals surface area contributed by atoms with Gasteiger partial charge < -0.3 is 19.8 Å². The van der Waals surface area contributed by atoms with Crippen molar-refractivity contribution in [3.63, 3.8) is 0 Å². The summed E-state index contributed by atoms with van der Waals surface area (Å²) < 4.78 is 0. The number of carbonyl (C=O) groups is 2. The summed E-state index contributed by atoms with van der Waals surface area (Å²) in [6, 6.07) is 0.0734. The number of rotatable bonds is 6. The molecular weight excluding hydrogens is 246 g/mol. The van der Waals surface area contributed by atoms with Gasteiger partial charge in [0.1, 0.15) is 6.54 Å². The van der Waals surface area contributed by atoms with Gasteiger partial charge in [-0.25, -0.2) is 4.79 Å². The highest BCUT2D eigenvalue weighted by Gasteiger charge is 2.32. The molecule has 1 fully saturated rings. The molecule has 0 aromatic heterocycles. The van der Waals surface area contributed by atoms with Gasteiger partial charge in [0.2, 0.25) is 0 Å². The number of hydrogen-bond acceptors (Lipinski definition) is 3. The Balaban J connectivity index is 2.68. The molecule has 2 amide bonds. The predicted octanol–water partition coefficient (Wildman–Crippen LogP) is 0.929. The first kappa shape index (κ1) is 15.8. The second-order valence-electron chi connectivity index (χ2n) is 5.35. The third-order valence-corrected chi connectivity index (χ3v) is 3.29. The molecule has 6 nitrogen and oxygen atoms in total. The summed E-state index contributed by atoms with van der Waals surface area (Å²) in [5.41, 5.74) is 0. The fraction of sp³-hybridized carbons (Fsp3) is 0.846. The molecular formula is C13H25N3O3. The summed E-state index contributed by atoms with van der Waals surface area (Å²) in [6.07, 6.45) is 2.76. The van der Waals surface area contributed by atoms with Crippen LogP contribution in [-0.4, -0.2) is 78.1 Å². The lowest BCUT2D eigenvalue weighted by Gasteiger charge is -2.32. The molecule has 0 radical (unpaired) electrons. The van der Waals surface area contributed by atoms with Crippen molar-refractivity contribution in [2.24, 2.45) is 0 Å². The topological polar surface area (TPSA) is 64.1 Å². The van der Waals surface area contributed by atoms with Gasteiger partial charge in [-0.2, -0.15) is 0 Å². The first-order valence-corrected chi connectivity index (χ1v) is 6.87. The molecule has 0 spiro atoms. The van der Waals surface area contributed by atoms with Crippen LogP contribution in [0.15, 0.2) is 0 Å². The van der Waals surface area contributed by atoms with Crippen LogP contribution in [0.2, 0.25) is 0 Å².